The Labute approximate surface area is 118 Å². The van der Waals surface area contributed by atoms with Crippen LogP contribution >= 0.6 is 0 Å². The van der Waals surface area contributed by atoms with Crippen molar-refractivity contribution in [2.45, 2.75) is 33.1 Å². The van der Waals surface area contributed by atoms with Gasteiger partial charge in [0.1, 0.15) is 0 Å². The molecule has 1 heterocycles. The third kappa shape index (κ3) is 2.78. The molecule has 6 nitrogen and oxygen atoms in total. The van der Waals surface area contributed by atoms with Gasteiger partial charge in [0.15, 0.2) is 0 Å². The summed E-state index contributed by atoms with van der Waals surface area (Å²) < 4.78 is 0. The zero-order chi connectivity index (χ0) is 14.9. The highest BCUT2D eigenvalue weighted by Crippen LogP contribution is 2.58. The molecule has 1 aliphatic carbocycles. The molecule has 2 amide bonds. The summed E-state index contributed by atoms with van der Waals surface area (Å²) in [6, 6.07) is 0. The van der Waals surface area contributed by atoms with Gasteiger partial charge in [0.05, 0.1) is 11.8 Å². The summed E-state index contributed by atoms with van der Waals surface area (Å²) in [4.78, 5) is 36.6. The van der Waals surface area contributed by atoms with Gasteiger partial charge in [-0.2, -0.15) is 0 Å². The summed E-state index contributed by atoms with van der Waals surface area (Å²) in [6.07, 6.45) is 2.39. The van der Waals surface area contributed by atoms with Gasteiger partial charge in [0, 0.05) is 26.1 Å². The second-order valence-corrected chi connectivity index (χ2v) is 6.24. The minimum atomic E-state index is -0.928. The number of nitrogens with one attached hydrogen (secondary N) is 1. The molecule has 2 rings (SSSR count). The fraction of sp³-hybridized carbons (Fsp3) is 0.786. The number of likely N-dealkylation sites (tertiary alicyclic amines) is 1. The van der Waals surface area contributed by atoms with Gasteiger partial charge in [0.2, 0.25) is 11.8 Å². The molecule has 20 heavy (non-hydrogen) atoms. The average Bonchev–Trinajstić information content (AvgIpc) is 2.78. The third-order valence-corrected chi connectivity index (χ3v) is 4.47. The lowest BCUT2D eigenvalue weighted by Gasteiger charge is -2.15. The van der Waals surface area contributed by atoms with Crippen molar-refractivity contribution in [3.05, 3.63) is 0 Å². The largest absolute Gasteiger partial charge is 0.481 e. The highest BCUT2D eigenvalue weighted by Gasteiger charge is 2.65. The molecule has 0 aromatic heterocycles. The summed E-state index contributed by atoms with van der Waals surface area (Å²) in [6.45, 7) is 5.47. The van der Waals surface area contributed by atoms with E-state index >= 15 is 0 Å². The minimum Gasteiger partial charge on any atom is -0.481 e. The van der Waals surface area contributed by atoms with Crippen LogP contribution in [0.3, 0.4) is 0 Å². The monoisotopic (exact) mass is 282 g/mol. The Morgan fingerprint density at radius 3 is 2.30 bits per heavy atom. The number of carbonyl (C=O) groups excluding carboxylic acids is 2. The molecular formula is C14H22N2O4. The number of carbonyl (C=O) groups is 3. The Hall–Kier alpha value is -1.59. The fourth-order valence-corrected chi connectivity index (χ4v) is 3.12. The average molecular weight is 282 g/mol. The Bertz CT molecular complexity index is 427. The van der Waals surface area contributed by atoms with Crippen molar-refractivity contribution < 1.29 is 19.5 Å². The van der Waals surface area contributed by atoms with E-state index in [9.17, 15) is 14.4 Å². The smallest absolute Gasteiger partial charge is 0.307 e. The van der Waals surface area contributed by atoms with Gasteiger partial charge in [-0.15, -0.1) is 0 Å². The topological polar surface area (TPSA) is 86.7 Å². The molecule has 2 unspecified atom stereocenters. The first-order valence-electron chi connectivity index (χ1n) is 7.14. The summed E-state index contributed by atoms with van der Waals surface area (Å²) in [5.74, 6) is -2.22. The van der Waals surface area contributed by atoms with Gasteiger partial charge in [-0.05, 0) is 18.3 Å². The summed E-state index contributed by atoms with van der Waals surface area (Å²) in [5, 5.41) is 11.7. The highest BCUT2D eigenvalue weighted by molar-refractivity contribution is 5.91. The van der Waals surface area contributed by atoms with Gasteiger partial charge in [-0.1, -0.05) is 13.8 Å². The van der Waals surface area contributed by atoms with Gasteiger partial charge in [-0.3, -0.25) is 14.4 Å². The Morgan fingerprint density at radius 2 is 1.80 bits per heavy atom. The number of nitrogens with zero attached hydrogens (tertiary/aromatic N) is 1. The number of aliphatic carboxylic acids is 1. The van der Waals surface area contributed by atoms with E-state index in [-0.39, 0.29) is 24.8 Å². The van der Waals surface area contributed by atoms with Crippen LogP contribution in [-0.2, 0) is 14.4 Å². The second-order valence-electron chi connectivity index (χ2n) is 6.24. The van der Waals surface area contributed by atoms with Gasteiger partial charge in [0.25, 0.3) is 0 Å². The Balaban J connectivity index is 1.73. The molecule has 1 aliphatic heterocycles. The van der Waals surface area contributed by atoms with Crippen molar-refractivity contribution in [2.24, 2.45) is 17.3 Å². The molecule has 2 fully saturated rings. The standard InChI is InChI=1S/C14H22N2O4/c1-14(2)10(11(14)13(19)20)12(18)15-6-5-9(17)16-7-3-4-8-16/h10-11H,3-8H2,1-2H3,(H,15,18)(H,19,20). The van der Waals surface area contributed by atoms with Crippen LogP contribution in [0.15, 0.2) is 0 Å². The van der Waals surface area contributed by atoms with Crippen LogP contribution in [0.25, 0.3) is 0 Å². The van der Waals surface area contributed by atoms with Crippen molar-refractivity contribution in [3.8, 4) is 0 Å². The zero-order valence-corrected chi connectivity index (χ0v) is 12.0. The number of hydrogen-bond acceptors (Lipinski definition) is 3. The van der Waals surface area contributed by atoms with E-state index in [1.165, 1.54) is 0 Å². The summed E-state index contributed by atoms with van der Waals surface area (Å²) >= 11 is 0. The number of carboxylic acid groups (broad SMARTS) is 1. The first kappa shape index (κ1) is 14.8. The van der Waals surface area contributed by atoms with Crippen LogP contribution in [0.5, 0.6) is 0 Å². The first-order chi connectivity index (χ1) is 9.35. The maximum Gasteiger partial charge on any atom is 0.307 e. The lowest BCUT2D eigenvalue weighted by Crippen LogP contribution is -2.34. The molecule has 0 radical (unpaired) electrons. The minimum absolute atomic E-state index is 0.0626. The van der Waals surface area contributed by atoms with E-state index in [2.05, 4.69) is 5.32 Å². The molecule has 2 N–H and O–H groups in total. The van der Waals surface area contributed by atoms with Crippen LogP contribution in [0, 0.1) is 17.3 Å². The van der Waals surface area contributed by atoms with Crippen molar-refractivity contribution in [3.63, 3.8) is 0 Å². The maximum absolute atomic E-state index is 11.9. The molecule has 0 bridgehead atoms. The number of hydrogen-bond donors (Lipinski definition) is 2. The van der Waals surface area contributed by atoms with Crippen molar-refractivity contribution in [1.82, 2.24) is 10.2 Å². The van der Waals surface area contributed by atoms with Crippen LogP contribution in [0.1, 0.15) is 33.1 Å². The molecule has 2 atom stereocenters. The molecule has 1 saturated heterocycles. The van der Waals surface area contributed by atoms with E-state index in [4.69, 9.17) is 5.11 Å². The van der Waals surface area contributed by atoms with Crippen molar-refractivity contribution in [2.75, 3.05) is 19.6 Å². The maximum atomic E-state index is 11.9. The molecule has 2 aliphatic rings. The highest BCUT2D eigenvalue weighted by atomic mass is 16.4. The van der Waals surface area contributed by atoms with Crippen LogP contribution < -0.4 is 5.32 Å². The molecule has 6 heteroatoms. The van der Waals surface area contributed by atoms with E-state index in [0.717, 1.165) is 25.9 Å². The van der Waals surface area contributed by atoms with Crippen LogP contribution in [0.2, 0.25) is 0 Å². The third-order valence-electron chi connectivity index (χ3n) is 4.47. The molecule has 112 valence electrons. The van der Waals surface area contributed by atoms with Crippen LogP contribution in [-0.4, -0.2) is 47.4 Å². The predicted octanol–water partition coefficient (Wildman–Crippen LogP) is 0.472. The predicted molar refractivity (Wildman–Crippen MR) is 71.8 cm³/mol. The van der Waals surface area contributed by atoms with Gasteiger partial charge < -0.3 is 15.3 Å². The summed E-state index contributed by atoms with van der Waals surface area (Å²) in [7, 11) is 0. The van der Waals surface area contributed by atoms with E-state index < -0.39 is 23.2 Å². The summed E-state index contributed by atoms with van der Waals surface area (Å²) in [5.41, 5.74) is -0.491. The first-order valence-corrected chi connectivity index (χ1v) is 7.14. The second kappa shape index (κ2) is 5.42. The lowest BCUT2D eigenvalue weighted by atomic mass is 10.1. The number of carboxylic acids is 1. The molecule has 0 aromatic rings. The van der Waals surface area contributed by atoms with Gasteiger partial charge in [-0.25, -0.2) is 0 Å². The quantitative estimate of drug-likeness (QED) is 0.767. The van der Waals surface area contributed by atoms with Gasteiger partial charge >= 0.3 is 5.97 Å². The zero-order valence-electron chi connectivity index (χ0n) is 12.0. The lowest BCUT2D eigenvalue weighted by molar-refractivity contribution is -0.140. The Kier molecular flexibility index (Phi) is 4.01. The number of amides is 2. The van der Waals surface area contributed by atoms with Crippen molar-refractivity contribution >= 4 is 17.8 Å². The molecule has 0 spiro atoms. The van der Waals surface area contributed by atoms with E-state index in [0.29, 0.717) is 0 Å². The normalized spacial score (nSPS) is 27.2. The molecule has 1 saturated carbocycles. The van der Waals surface area contributed by atoms with E-state index in [1.807, 2.05) is 4.90 Å². The van der Waals surface area contributed by atoms with Crippen molar-refractivity contribution in [1.29, 1.82) is 0 Å². The van der Waals surface area contributed by atoms with E-state index in [1.54, 1.807) is 13.8 Å². The number of rotatable bonds is 5. The molecule has 0 aromatic carbocycles. The molecular weight excluding hydrogens is 260 g/mol. The van der Waals surface area contributed by atoms with Crippen LogP contribution in [0.4, 0.5) is 0 Å². The SMILES string of the molecule is CC1(C)C(C(=O)O)C1C(=O)NCCC(=O)N1CCCC1. The Morgan fingerprint density at radius 1 is 1.20 bits per heavy atom. The fourth-order valence-electron chi connectivity index (χ4n) is 3.12.